The van der Waals surface area contributed by atoms with E-state index in [1.807, 2.05) is 19.2 Å². The van der Waals surface area contributed by atoms with Crippen LogP contribution in [-0.4, -0.2) is 48.6 Å². The smallest absolute Gasteiger partial charge is 0.222 e. The first-order chi connectivity index (χ1) is 12.1. The van der Waals surface area contributed by atoms with Crippen molar-refractivity contribution < 1.29 is 18.7 Å². The van der Waals surface area contributed by atoms with E-state index >= 15 is 0 Å². The standard InChI is InChI=1S/C19H28N2O4/c1-21(14-16-5-2-3-11-25-16)18(23)8-10-19(9-7-17(22)20-19)13-15-6-4-12-24-15/h4,6,12,16H,2-3,5,7-11,13-14H2,1H3,(H,20,22). The molecule has 25 heavy (non-hydrogen) atoms. The Labute approximate surface area is 148 Å². The second-order valence-electron chi connectivity index (χ2n) is 7.35. The molecule has 2 aliphatic heterocycles. The summed E-state index contributed by atoms with van der Waals surface area (Å²) in [4.78, 5) is 26.1. The van der Waals surface area contributed by atoms with Crippen molar-refractivity contribution in [2.24, 2.45) is 0 Å². The lowest BCUT2D eigenvalue weighted by Crippen LogP contribution is -2.45. The molecule has 1 aromatic heterocycles. The molecule has 2 atom stereocenters. The lowest BCUT2D eigenvalue weighted by atomic mass is 9.87. The van der Waals surface area contributed by atoms with Crippen LogP contribution in [0.2, 0.25) is 0 Å². The molecule has 0 spiro atoms. The third kappa shape index (κ3) is 4.84. The number of likely N-dealkylation sites (N-methyl/N-ethyl adjacent to an activating group) is 1. The number of ether oxygens (including phenoxy) is 1. The van der Waals surface area contributed by atoms with E-state index in [0.29, 0.717) is 32.2 Å². The van der Waals surface area contributed by atoms with Crippen molar-refractivity contribution >= 4 is 11.8 Å². The number of carbonyl (C=O) groups excluding carboxylic acids is 2. The molecule has 2 fully saturated rings. The van der Waals surface area contributed by atoms with Gasteiger partial charge in [0.05, 0.1) is 12.4 Å². The van der Waals surface area contributed by atoms with Crippen LogP contribution in [0.1, 0.15) is 50.7 Å². The molecule has 0 radical (unpaired) electrons. The minimum atomic E-state index is -0.368. The highest BCUT2D eigenvalue weighted by molar-refractivity contribution is 5.80. The van der Waals surface area contributed by atoms with Gasteiger partial charge in [0.2, 0.25) is 11.8 Å². The third-order valence-electron chi connectivity index (χ3n) is 5.32. The number of furan rings is 1. The molecule has 6 heteroatoms. The fraction of sp³-hybridized carbons (Fsp3) is 0.684. The molecule has 3 rings (SSSR count). The number of carbonyl (C=O) groups is 2. The Morgan fingerprint density at radius 2 is 2.32 bits per heavy atom. The monoisotopic (exact) mass is 348 g/mol. The lowest BCUT2D eigenvalue weighted by molar-refractivity contribution is -0.133. The average Bonchev–Trinajstić information content (AvgIpc) is 3.24. The number of rotatable bonds is 7. The highest BCUT2D eigenvalue weighted by Crippen LogP contribution is 2.30. The van der Waals surface area contributed by atoms with Crippen molar-refractivity contribution in [3.05, 3.63) is 24.2 Å². The zero-order valence-electron chi connectivity index (χ0n) is 15.0. The van der Waals surface area contributed by atoms with E-state index in [1.165, 1.54) is 6.42 Å². The molecule has 2 aliphatic rings. The Balaban J connectivity index is 1.53. The van der Waals surface area contributed by atoms with Crippen molar-refractivity contribution in [3.63, 3.8) is 0 Å². The number of hydrogen-bond donors (Lipinski definition) is 1. The summed E-state index contributed by atoms with van der Waals surface area (Å²) in [6.07, 6.45) is 8.06. The van der Waals surface area contributed by atoms with Crippen LogP contribution >= 0.6 is 0 Å². The number of hydrogen-bond acceptors (Lipinski definition) is 4. The van der Waals surface area contributed by atoms with E-state index in [9.17, 15) is 9.59 Å². The Hall–Kier alpha value is -1.82. The Bertz CT molecular complexity index is 580. The van der Waals surface area contributed by atoms with E-state index in [-0.39, 0.29) is 23.5 Å². The highest BCUT2D eigenvalue weighted by atomic mass is 16.5. The molecule has 1 aromatic rings. The fourth-order valence-electron chi connectivity index (χ4n) is 3.82. The lowest BCUT2D eigenvalue weighted by Gasteiger charge is -2.30. The minimum absolute atomic E-state index is 0.0583. The molecule has 2 unspecified atom stereocenters. The first-order valence-electron chi connectivity index (χ1n) is 9.25. The van der Waals surface area contributed by atoms with Gasteiger partial charge in [-0.05, 0) is 44.2 Å². The van der Waals surface area contributed by atoms with Crippen molar-refractivity contribution in [2.75, 3.05) is 20.2 Å². The van der Waals surface area contributed by atoms with Gasteiger partial charge in [-0.1, -0.05) is 0 Å². The van der Waals surface area contributed by atoms with E-state index in [0.717, 1.165) is 31.6 Å². The summed E-state index contributed by atoms with van der Waals surface area (Å²) in [5, 5.41) is 3.09. The largest absolute Gasteiger partial charge is 0.469 e. The molecule has 0 saturated carbocycles. The van der Waals surface area contributed by atoms with Gasteiger partial charge in [-0.15, -0.1) is 0 Å². The zero-order valence-corrected chi connectivity index (χ0v) is 15.0. The summed E-state index contributed by atoms with van der Waals surface area (Å²) in [6.45, 7) is 1.45. The first kappa shape index (κ1) is 18.0. The summed E-state index contributed by atoms with van der Waals surface area (Å²) in [5.74, 6) is 1.01. The van der Waals surface area contributed by atoms with Gasteiger partial charge in [0.25, 0.3) is 0 Å². The molecule has 2 amide bonds. The van der Waals surface area contributed by atoms with Crippen LogP contribution in [0.25, 0.3) is 0 Å². The Morgan fingerprint density at radius 3 is 2.96 bits per heavy atom. The van der Waals surface area contributed by atoms with Gasteiger partial charge >= 0.3 is 0 Å². The van der Waals surface area contributed by atoms with Crippen molar-refractivity contribution in [1.29, 1.82) is 0 Å². The minimum Gasteiger partial charge on any atom is -0.469 e. The van der Waals surface area contributed by atoms with Gasteiger partial charge in [-0.3, -0.25) is 9.59 Å². The summed E-state index contributed by atoms with van der Waals surface area (Å²) in [7, 11) is 1.84. The maximum absolute atomic E-state index is 12.5. The van der Waals surface area contributed by atoms with Crippen LogP contribution < -0.4 is 5.32 Å². The van der Waals surface area contributed by atoms with Gasteiger partial charge in [0.1, 0.15) is 5.76 Å². The predicted molar refractivity (Wildman–Crippen MR) is 93.0 cm³/mol. The maximum atomic E-state index is 12.5. The van der Waals surface area contributed by atoms with Crippen molar-refractivity contribution in [3.8, 4) is 0 Å². The molecule has 0 aliphatic carbocycles. The van der Waals surface area contributed by atoms with Crippen LogP contribution in [0.15, 0.2) is 22.8 Å². The van der Waals surface area contributed by atoms with Crippen LogP contribution in [0.5, 0.6) is 0 Å². The van der Waals surface area contributed by atoms with Crippen LogP contribution in [0.3, 0.4) is 0 Å². The SMILES string of the molecule is CN(CC1CCCCO1)C(=O)CCC1(Cc2ccco2)CCC(=O)N1. The Morgan fingerprint density at radius 1 is 1.44 bits per heavy atom. The van der Waals surface area contributed by atoms with Gasteiger partial charge in [0.15, 0.2) is 0 Å². The second-order valence-corrected chi connectivity index (χ2v) is 7.35. The molecule has 3 heterocycles. The summed E-state index contributed by atoms with van der Waals surface area (Å²) < 4.78 is 11.2. The maximum Gasteiger partial charge on any atom is 0.222 e. The summed E-state index contributed by atoms with van der Waals surface area (Å²) in [6, 6.07) is 3.77. The molecule has 0 bridgehead atoms. The van der Waals surface area contributed by atoms with Crippen LogP contribution in [0, 0.1) is 0 Å². The van der Waals surface area contributed by atoms with Gasteiger partial charge in [-0.2, -0.15) is 0 Å². The fourth-order valence-corrected chi connectivity index (χ4v) is 3.82. The third-order valence-corrected chi connectivity index (χ3v) is 5.32. The van der Waals surface area contributed by atoms with Crippen molar-refractivity contribution in [2.45, 2.75) is 63.0 Å². The van der Waals surface area contributed by atoms with Crippen molar-refractivity contribution in [1.82, 2.24) is 10.2 Å². The molecular formula is C19H28N2O4. The molecule has 1 N–H and O–H groups in total. The molecule has 0 aromatic carbocycles. The van der Waals surface area contributed by atoms with Crippen LogP contribution in [-0.2, 0) is 20.7 Å². The summed E-state index contributed by atoms with van der Waals surface area (Å²) in [5.41, 5.74) is -0.368. The number of nitrogens with zero attached hydrogens (tertiary/aromatic N) is 1. The number of nitrogens with one attached hydrogen (secondary N) is 1. The molecule has 138 valence electrons. The van der Waals surface area contributed by atoms with E-state index in [1.54, 1.807) is 11.2 Å². The second kappa shape index (κ2) is 8.04. The normalized spacial score (nSPS) is 26.4. The van der Waals surface area contributed by atoms with E-state index < -0.39 is 0 Å². The first-order valence-corrected chi connectivity index (χ1v) is 9.25. The van der Waals surface area contributed by atoms with E-state index in [2.05, 4.69) is 5.32 Å². The highest BCUT2D eigenvalue weighted by Gasteiger charge is 2.38. The summed E-state index contributed by atoms with van der Waals surface area (Å²) >= 11 is 0. The predicted octanol–water partition coefficient (Wildman–Crippen LogP) is 2.28. The molecular weight excluding hydrogens is 320 g/mol. The van der Waals surface area contributed by atoms with Crippen LogP contribution in [0.4, 0.5) is 0 Å². The zero-order chi connectivity index (χ0) is 17.7. The quantitative estimate of drug-likeness (QED) is 0.820. The topological polar surface area (TPSA) is 71.8 Å². The Kier molecular flexibility index (Phi) is 5.78. The number of amides is 2. The van der Waals surface area contributed by atoms with Gasteiger partial charge < -0.3 is 19.4 Å². The van der Waals surface area contributed by atoms with E-state index in [4.69, 9.17) is 9.15 Å². The molecule has 2 saturated heterocycles. The average molecular weight is 348 g/mol. The van der Waals surface area contributed by atoms with Gasteiger partial charge in [-0.25, -0.2) is 0 Å². The molecule has 6 nitrogen and oxygen atoms in total. The van der Waals surface area contributed by atoms with Gasteiger partial charge in [0, 0.05) is 45.0 Å².